The fourth-order valence-electron chi connectivity index (χ4n) is 4.02. The molecule has 2 nitrogen and oxygen atoms in total. The third-order valence-corrected chi connectivity index (χ3v) is 5.36. The van der Waals surface area contributed by atoms with Gasteiger partial charge < -0.3 is 0 Å². The Morgan fingerprint density at radius 1 is 0.654 bits per heavy atom. The topological polar surface area (TPSA) is 16.8 Å². The average molecular weight is 335 g/mol. The second-order valence-electron chi connectivity index (χ2n) is 6.82. The first-order valence-electron chi connectivity index (χ1n) is 8.89. The van der Waals surface area contributed by atoms with Gasteiger partial charge in [0.2, 0.25) is 5.69 Å². The summed E-state index contributed by atoms with van der Waals surface area (Å²) in [7, 11) is 2.03. The van der Waals surface area contributed by atoms with Crippen molar-refractivity contribution in [1.82, 2.24) is 5.10 Å². The molecule has 0 saturated carbocycles. The molecule has 26 heavy (non-hydrogen) atoms. The molecule has 0 aliphatic rings. The molecule has 5 rings (SSSR count). The highest BCUT2D eigenvalue weighted by Gasteiger charge is 2.20. The largest absolute Gasteiger partial charge is 0.246 e. The molecule has 0 fully saturated rings. The smallest absolute Gasteiger partial charge is 0.0858 e. The molecule has 0 aliphatic heterocycles. The van der Waals surface area contributed by atoms with Gasteiger partial charge in [-0.15, -0.1) is 0 Å². The van der Waals surface area contributed by atoms with Crippen molar-refractivity contribution < 1.29 is 4.68 Å². The van der Waals surface area contributed by atoms with Gasteiger partial charge in [-0.05, 0) is 51.3 Å². The van der Waals surface area contributed by atoms with Crippen LogP contribution in [0.5, 0.6) is 0 Å². The minimum atomic E-state index is 1.16. The summed E-state index contributed by atoms with van der Waals surface area (Å²) >= 11 is 0. The number of aryl methyl sites for hydroxylation is 2. The van der Waals surface area contributed by atoms with Crippen molar-refractivity contribution >= 4 is 32.3 Å². The summed E-state index contributed by atoms with van der Waals surface area (Å²) < 4.78 is 1.99. The maximum Gasteiger partial charge on any atom is 0.246 e. The van der Waals surface area contributed by atoms with Crippen LogP contribution in [0.25, 0.3) is 43.6 Å². The van der Waals surface area contributed by atoms with Crippen molar-refractivity contribution in [3.8, 4) is 11.3 Å². The van der Waals surface area contributed by atoms with E-state index < -0.39 is 0 Å². The Balaban J connectivity index is 1.91. The predicted molar refractivity (Wildman–Crippen MR) is 108 cm³/mol. The van der Waals surface area contributed by atoms with E-state index >= 15 is 0 Å². The Labute approximate surface area is 152 Å². The molecule has 2 heteroatoms. The molecule has 1 aromatic heterocycles. The van der Waals surface area contributed by atoms with Crippen molar-refractivity contribution in [3.63, 3.8) is 0 Å². The summed E-state index contributed by atoms with van der Waals surface area (Å²) in [6, 6.07) is 25.9. The molecule has 0 N–H and O–H groups in total. The van der Waals surface area contributed by atoms with Crippen LogP contribution in [-0.2, 0) is 7.05 Å². The van der Waals surface area contributed by atoms with Gasteiger partial charge in [0.15, 0.2) is 7.05 Å². The van der Waals surface area contributed by atoms with Crippen LogP contribution >= 0.6 is 0 Å². The van der Waals surface area contributed by atoms with Crippen molar-refractivity contribution in [2.45, 2.75) is 6.92 Å². The first-order valence-corrected chi connectivity index (χ1v) is 8.89. The van der Waals surface area contributed by atoms with Crippen molar-refractivity contribution in [3.05, 3.63) is 84.6 Å². The predicted octanol–water partition coefficient (Wildman–Crippen LogP) is 5.34. The molecule has 0 spiro atoms. The number of hydrogen-bond donors (Lipinski definition) is 0. The average Bonchev–Trinajstić information content (AvgIpc) is 2.69. The molecule has 1 heterocycles. The van der Waals surface area contributed by atoms with Gasteiger partial charge in [-0.2, -0.15) is 0 Å². The van der Waals surface area contributed by atoms with Crippen LogP contribution in [0, 0.1) is 6.92 Å². The Morgan fingerprint density at radius 2 is 1.31 bits per heavy atom. The van der Waals surface area contributed by atoms with Crippen LogP contribution in [0.1, 0.15) is 5.56 Å². The second kappa shape index (κ2) is 5.63. The van der Waals surface area contributed by atoms with Crippen LogP contribution in [0.2, 0.25) is 0 Å². The quantitative estimate of drug-likeness (QED) is 0.298. The molecular weight excluding hydrogens is 316 g/mol. The monoisotopic (exact) mass is 335 g/mol. The van der Waals surface area contributed by atoms with E-state index in [1.54, 1.807) is 0 Å². The zero-order valence-electron chi connectivity index (χ0n) is 14.9. The molecule has 5 aromatic rings. The van der Waals surface area contributed by atoms with Gasteiger partial charge in [-0.3, -0.25) is 0 Å². The number of aromatic nitrogens is 2. The van der Waals surface area contributed by atoms with E-state index in [9.17, 15) is 0 Å². The van der Waals surface area contributed by atoms with Crippen molar-refractivity contribution in [2.24, 2.45) is 7.05 Å². The lowest BCUT2D eigenvalue weighted by Crippen LogP contribution is -2.35. The number of rotatable bonds is 1. The molecule has 0 saturated heterocycles. The molecule has 0 aliphatic carbocycles. The zero-order chi connectivity index (χ0) is 17.7. The lowest BCUT2D eigenvalue weighted by Gasteiger charge is -2.10. The SMILES string of the molecule is Cc1c(-c2c3ccc4ccccc4c3cn[n+]2C)ccc2ccccc12. The van der Waals surface area contributed by atoms with Gasteiger partial charge in [0.05, 0.1) is 10.9 Å². The number of hydrogen-bond acceptors (Lipinski definition) is 1. The van der Waals surface area contributed by atoms with Gasteiger partial charge in [0, 0.05) is 5.39 Å². The highest BCUT2D eigenvalue weighted by Crippen LogP contribution is 2.34. The highest BCUT2D eigenvalue weighted by molar-refractivity contribution is 6.10. The fraction of sp³-hybridized carbons (Fsp3) is 0.0833. The third-order valence-electron chi connectivity index (χ3n) is 5.36. The minimum Gasteiger partial charge on any atom is -0.0858 e. The Bertz CT molecular complexity index is 1300. The molecule has 0 atom stereocenters. The molecule has 4 aromatic carbocycles. The fourth-order valence-corrected chi connectivity index (χ4v) is 4.02. The number of benzene rings is 4. The maximum atomic E-state index is 4.67. The second-order valence-corrected chi connectivity index (χ2v) is 6.82. The van der Waals surface area contributed by atoms with E-state index in [0.717, 1.165) is 5.69 Å². The van der Waals surface area contributed by atoms with Crippen molar-refractivity contribution in [1.29, 1.82) is 0 Å². The zero-order valence-corrected chi connectivity index (χ0v) is 14.9. The molecule has 0 bridgehead atoms. The maximum absolute atomic E-state index is 4.67. The minimum absolute atomic E-state index is 1.16. The Kier molecular flexibility index (Phi) is 3.26. The molecule has 0 unspecified atom stereocenters. The van der Waals surface area contributed by atoms with E-state index in [1.165, 1.54) is 43.4 Å². The normalized spacial score (nSPS) is 11.5. The van der Waals surface area contributed by atoms with E-state index in [2.05, 4.69) is 84.8 Å². The van der Waals surface area contributed by atoms with E-state index in [1.807, 2.05) is 17.9 Å². The first kappa shape index (κ1) is 15.0. The van der Waals surface area contributed by atoms with Gasteiger partial charge in [0.25, 0.3) is 0 Å². The van der Waals surface area contributed by atoms with Gasteiger partial charge in [0.1, 0.15) is 6.20 Å². The summed E-state index contributed by atoms with van der Waals surface area (Å²) in [6.07, 6.45) is 1.98. The van der Waals surface area contributed by atoms with Gasteiger partial charge in [-0.25, -0.2) is 0 Å². The van der Waals surface area contributed by atoms with Crippen LogP contribution in [0.4, 0.5) is 0 Å². The molecule has 124 valence electrons. The van der Waals surface area contributed by atoms with Crippen molar-refractivity contribution in [2.75, 3.05) is 0 Å². The summed E-state index contributed by atoms with van der Waals surface area (Å²) in [5.41, 5.74) is 3.69. The van der Waals surface area contributed by atoms with Gasteiger partial charge in [-0.1, -0.05) is 65.3 Å². The lowest BCUT2D eigenvalue weighted by molar-refractivity contribution is -0.719. The summed E-state index contributed by atoms with van der Waals surface area (Å²) in [4.78, 5) is 0. The third kappa shape index (κ3) is 2.12. The highest BCUT2D eigenvalue weighted by atomic mass is 15.2. The molecular formula is C24H19N2+. The van der Waals surface area contributed by atoms with Crippen LogP contribution in [0.15, 0.2) is 79.0 Å². The number of nitrogens with zero attached hydrogens (tertiary/aromatic N) is 2. The summed E-state index contributed by atoms with van der Waals surface area (Å²) in [6.45, 7) is 2.21. The van der Waals surface area contributed by atoms with Crippen LogP contribution < -0.4 is 4.68 Å². The molecule has 0 radical (unpaired) electrons. The molecule has 0 amide bonds. The summed E-state index contributed by atoms with van der Waals surface area (Å²) in [5.74, 6) is 0. The van der Waals surface area contributed by atoms with E-state index in [4.69, 9.17) is 0 Å². The number of fused-ring (bicyclic) bond motifs is 4. The van der Waals surface area contributed by atoms with E-state index in [0.29, 0.717) is 0 Å². The van der Waals surface area contributed by atoms with Gasteiger partial charge >= 0.3 is 0 Å². The Hall–Kier alpha value is -3.26. The Morgan fingerprint density at radius 3 is 2.12 bits per heavy atom. The lowest BCUT2D eigenvalue weighted by atomic mass is 9.94. The summed E-state index contributed by atoms with van der Waals surface area (Å²) in [5, 5.41) is 12.2. The van der Waals surface area contributed by atoms with E-state index in [-0.39, 0.29) is 0 Å². The standard InChI is InChI=1S/C24H19N2/c1-16-19-9-5-3-7-17(19)11-13-20(16)24-22-14-12-18-8-4-6-10-21(18)23(22)15-25-26(24)2/h3-15H,1-2H3/q+1. The van der Waals surface area contributed by atoms with Crippen LogP contribution in [-0.4, -0.2) is 5.10 Å². The van der Waals surface area contributed by atoms with Crippen LogP contribution in [0.3, 0.4) is 0 Å². The first-order chi connectivity index (χ1) is 12.7.